The molecule has 1 heterocycles. The fourth-order valence-corrected chi connectivity index (χ4v) is 1.25. The van der Waals surface area contributed by atoms with E-state index in [1.54, 1.807) is 20.8 Å². The highest BCUT2D eigenvalue weighted by Crippen LogP contribution is 2.13. The van der Waals surface area contributed by atoms with Crippen molar-refractivity contribution in [3.8, 4) is 0 Å². The number of carboxylic acid groups (broad SMARTS) is 1. The Kier molecular flexibility index (Phi) is 3.89. The molecule has 1 amide bonds. The van der Waals surface area contributed by atoms with E-state index in [-0.39, 0.29) is 5.69 Å². The van der Waals surface area contributed by atoms with Gasteiger partial charge in [-0.1, -0.05) is 5.21 Å². The summed E-state index contributed by atoms with van der Waals surface area (Å²) < 4.78 is 6.27. The third kappa shape index (κ3) is 3.72. The normalized spacial score (nSPS) is 12.9. The highest BCUT2D eigenvalue weighted by molar-refractivity contribution is 5.80. The van der Waals surface area contributed by atoms with Crippen LogP contribution in [0.4, 0.5) is 4.79 Å². The fraction of sp³-hybridized carbons (Fsp3) is 0.600. The van der Waals surface area contributed by atoms with Gasteiger partial charge in [0.25, 0.3) is 0 Å². The van der Waals surface area contributed by atoms with Crippen molar-refractivity contribution >= 4 is 12.1 Å². The lowest BCUT2D eigenvalue weighted by Gasteiger charge is -2.21. The first-order chi connectivity index (χ1) is 8.20. The van der Waals surface area contributed by atoms with Crippen molar-refractivity contribution < 1.29 is 19.4 Å². The van der Waals surface area contributed by atoms with Crippen molar-refractivity contribution in [3.63, 3.8) is 0 Å². The maximum Gasteiger partial charge on any atom is 0.408 e. The molecule has 0 aliphatic heterocycles. The molecule has 0 aliphatic rings. The molecule has 8 nitrogen and oxygen atoms in total. The van der Waals surface area contributed by atoms with Gasteiger partial charge < -0.3 is 15.2 Å². The van der Waals surface area contributed by atoms with E-state index in [1.165, 1.54) is 17.9 Å². The van der Waals surface area contributed by atoms with Crippen LogP contribution in [0, 0.1) is 0 Å². The average molecular weight is 256 g/mol. The highest BCUT2D eigenvalue weighted by Gasteiger charge is 2.27. The summed E-state index contributed by atoms with van der Waals surface area (Å²) in [5.41, 5.74) is -0.439. The van der Waals surface area contributed by atoms with E-state index in [9.17, 15) is 9.59 Å². The zero-order valence-electron chi connectivity index (χ0n) is 10.7. The van der Waals surface area contributed by atoms with Crippen LogP contribution in [0.2, 0.25) is 0 Å². The van der Waals surface area contributed by atoms with E-state index in [0.29, 0.717) is 0 Å². The summed E-state index contributed by atoms with van der Waals surface area (Å²) in [4.78, 5) is 22.6. The lowest BCUT2D eigenvalue weighted by Crippen LogP contribution is -2.38. The van der Waals surface area contributed by atoms with Crippen molar-refractivity contribution in [2.24, 2.45) is 7.05 Å². The van der Waals surface area contributed by atoms with Crippen LogP contribution in [0.15, 0.2) is 6.20 Å². The molecule has 1 aromatic heterocycles. The topological polar surface area (TPSA) is 106 Å². The second kappa shape index (κ2) is 5.03. The predicted octanol–water partition coefficient (Wildman–Crippen LogP) is 0.465. The summed E-state index contributed by atoms with van der Waals surface area (Å²) in [6.45, 7) is 5.07. The van der Waals surface area contributed by atoms with Crippen LogP contribution in [-0.4, -0.2) is 37.8 Å². The Bertz CT molecular complexity index is 449. The quantitative estimate of drug-likeness (QED) is 0.814. The van der Waals surface area contributed by atoms with Gasteiger partial charge in [0.05, 0.1) is 11.9 Å². The van der Waals surface area contributed by atoms with Crippen molar-refractivity contribution in [2.75, 3.05) is 0 Å². The minimum Gasteiger partial charge on any atom is -0.479 e. The molecule has 0 saturated carbocycles. The summed E-state index contributed by atoms with van der Waals surface area (Å²) >= 11 is 0. The minimum atomic E-state index is -1.25. The summed E-state index contributed by atoms with van der Waals surface area (Å²) in [6.07, 6.45) is 0.465. The molecular weight excluding hydrogens is 240 g/mol. The predicted molar refractivity (Wildman–Crippen MR) is 60.7 cm³/mol. The average Bonchev–Trinajstić information content (AvgIpc) is 2.57. The van der Waals surface area contributed by atoms with Gasteiger partial charge in [-0.15, -0.1) is 5.10 Å². The van der Waals surface area contributed by atoms with E-state index in [0.717, 1.165) is 0 Å². The number of hydrogen-bond donors (Lipinski definition) is 2. The molecular formula is C10H16N4O4. The molecule has 0 spiro atoms. The highest BCUT2D eigenvalue weighted by atomic mass is 16.6. The van der Waals surface area contributed by atoms with Gasteiger partial charge in [0, 0.05) is 7.05 Å². The third-order valence-corrected chi connectivity index (χ3v) is 1.95. The van der Waals surface area contributed by atoms with Crippen molar-refractivity contribution in [2.45, 2.75) is 32.4 Å². The monoisotopic (exact) mass is 256 g/mol. The number of rotatable bonds is 3. The number of carbonyl (C=O) groups excluding carboxylic acids is 1. The molecule has 2 N–H and O–H groups in total. The molecule has 0 bridgehead atoms. The summed E-state index contributed by atoms with van der Waals surface area (Å²) in [5.74, 6) is -1.22. The molecule has 8 heteroatoms. The van der Waals surface area contributed by atoms with Gasteiger partial charge in [0.2, 0.25) is 0 Å². The van der Waals surface area contributed by atoms with Crippen LogP contribution in [0.3, 0.4) is 0 Å². The van der Waals surface area contributed by atoms with Gasteiger partial charge in [-0.3, -0.25) is 0 Å². The molecule has 1 rings (SSSR count). The zero-order chi connectivity index (χ0) is 13.9. The van der Waals surface area contributed by atoms with Gasteiger partial charge >= 0.3 is 12.1 Å². The Morgan fingerprint density at radius 2 is 2.11 bits per heavy atom. The number of carboxylic acids is 1. The lowest BCUT2D eigenvalue weighted by atomic mass is 10.2. The number of aromatic nitrogens is 3. The van der Waals surface area contributed by atoms with Crippen LogP contribution in [-0.2, 0) is 16.6 Å². The molecule has 0 saturated heterocycles. The number of ether oxygens (including phenoxy) is 1. The maximum atomic E-state index is 11.5. The van der Waals surface area contributed by atoms with Gasteiger partial charge in [-0.25, -0.2) is 14.3 Å². The Balaban J connectivity index is 2.80. The maximum absolute atomic E-state index is 11.5. The first kappa shape index (κ1) is 13.9. The number of amides is 1. The Hall–Kier alpha value is -2.12. The number of hydrogen-bond acceptors (Lipinski definition) is 5. The first-order valence-electron chi connectivity index (χ1n) is 5.27. The van der Waals surface area contributed by atoms with Crippen LogP contribution in [0.25, 0.3) is 0 Å². The summed E-state index contributed by atoms with van der Waals surface area (Å²) in [5, 5.41) is 18.5. The molecule has 1 atom stereocenters. The Morgan fingerprint density at radius 1 is 1.50 bits per heavy atom. The van der Waals surface area contributed by atoms with Crippen LogP contribution < -0.4 is 5.32 Å². The molecule has 1 unspecified atom stereocenters. The van der Waals surface area contributed by atoms with E-state index >= 15 is 0 Å². The first-order valence-corrected chi connectivity index (χ1v) is 5.27. The second-order valence-electron chi connectivity index (χ2n) is 4.70. The second-order valence-corrected chi connectivity index (χ2v) is 4.70. The number of nitrogens with one attached hydrogen (secondary N) is 1. The zero-order valence-corrected chi connectivity index (χ0v) is 10.7. The number of alkyl carbamates (subject to hydrolysis) is 1. The Morgan fingerprint density at radius 3 is 2.50 bits per heavy atom. The van der Waals surface area contributed by atoms with E-state index in [2.05, 4.69) is 15.6 Å². The number of carbonyl (C=O) groups is 2. The SMILES string of the molecule is Cn1nncc1C(NC(=O)OC(C)(C)C)C(=O)O. The molecule has 1 aromatic rings. The van der Waals surface area contributed by atoms with Crippen LogP contribution in [0.5, 0.6) is 0 Å². The minimum absolute atomic E-state index is 0.258. The molecule has 100 valence electrons. The summed E-state index contributed by atoms with van der Waals surface area (Å²) in [7, 11) is 1.54. The number of aliphatic carboxylic acids is 1. The fourth-order valence-electron chi connectivity index (χ4n) is 1.25. The van der Waals surface area contributed by atoms with Gasteiger partial charge in [0.1, 0.15) is 5.60 Å². The molecule has 0 radical (unpaired) electrons. The molecule has 0 aliphatic carbocycles. The standard InChI is InChI=1S/C10H16N4O4/c1-10(2,3)18-9(17)12-7(8(15)16)6-5-11-13-14(6)4/h5,7H,1-4H3,(H,12,17)(H,15,16). The third-order valence-electron chi connectivity index (χ3n) is 1.95. The molecule has 18 heavy (non-hydrogen) atoms. The van der Waals surface area contributed by atoms with E-state index in [1.807, 2.05) is 0 Å². The molecule has 0 fully saturated rings. The largest absolute Gasteiger partial charge is 0.479 e. The van der Waals surface area contributed by atoms with Crippen molar-refractivity contribution in [3.05, 3.63) is 11.9 Å². The smallest absolute Gasteiger partial charge is 0.408 e. The molecule has 0 aromatic carbocycles. The summed E-state index contributed by atoms with van der Waals surface area (Å²) in [6, 6.07) is -1.25. The number of aryl methyl sites for hydroxylation is 1. The van der Waals surface area contributed by atoms with Crippen molar-refractivity contribution in [1.29, 1.82) is 0 Å². The van der Waals surface area contributed by atoms with Gasteiger partial charge in [-0.05, 0) is 20.8 Å². The van der Waals surface area contributed by atoms with Crippen LogP contribution in [0.1, 0.15) is 32.5 Å². The Labute approximate surface area is 104 Å². The van der Waals surface area contributed by atoms with Crippen LogP contribution >= 0.6 is 0 Å². The number of nitrogens with zero attached hydrogens (tertiary/aromatic N) is 3. The van der Waals surface area contributed by atoms with Gasteiger partial charge in [-0.2, -0.15) is 0 Å². The lowest BCUT2D eigenvalue weighted by molar-refractivity contribution is -0.139. The van der Waals surface area contributed by atoms with Gasteiger partial charge in [0.15, 0.2) is 6.04 Å². The van der Waals surface area contributed by atoms with Crippen molar-refractivity contribution in [1.82, 2.24) is 20.3 Å². The van der Waals surface area contributed by atoms with E-state index < -0.39 is 23.7 Å². The van der Waals surface area contributed by atoms with E-state index in [4.69, 9.17) is 9.84 Å².